The monoisotopic (exact) mass is 315 g/mol. The summed E-state index contributed by atoms with van der Waals surface area (Å²) in [4.78, 5) is 37.5. The minimum Gasteiger partial charge on any atom is -0.467 e. The van der Waals surface area contributed by atoms with E-state index >= 15 is 0 Å². The fourth-order valence-corrected chi connectivity index (χ4v) is 1.86. The summed E-state index contributed by atoms with van der Waals surface area (Å²) < 4.78 is 4.59. The van der Waals surface area contributed by atoms with Gasteiger partial charge in [-0.15, -0.1) is 0 Å². The van der Waals surface area contributed by atoms with Gasteiger partial charge in [-0.25, -0.2) is 9.78 Å². The maximum absolute atomic E-state index is 12.1. The van der Waals surface area contributed by atoms with Crippen LogP contribution in [0.5, 0.6) is 0 Å². The number of hydrogen-bond donors (Lipinski definition) is 1. The van der Waals surface area contributed by atoms with Gasteiger partial charge in [-0.3, -0.25) is 14.9 Å². The summed E-state index contributed by atoms with van der Waals surface area (Å²) in [6.07, 6.45) is 1.17. The van der Waals surface area contributed by atoms with E-state index in [0.717, 1.165) is 6.07 Å². The number of nitro groups is 1. The van der Waals surface area contributed by atoms with Gasteiger partial charge in [0.05, 0.1) is 12.0 Å². The van der Waals surface area contributed by atoms with Crippen LogP contribution in [0.25, 0.3) is 0 Å². The van der Waals surface area contributed by atoms with Gasteiger partial charge in [-0.2, -0.15) is 0 Å². The summed E-state index contributed by atoms with van der Waals surface area (Å²) in [6.45, 7) is 3.41. The number of ether oxygens (including phenoxy) is 1. The number of carbonyl (C=O) groups is 2. The Morgan fingerprint density at radius 1 is 1.48 bits per heavy atom. The van der Waals surface area contributed by atoms with Gasteiger partial charge in [0, 0.05) is 6.20 Å². The Labute approximate surface area is 125 Å². The van der Waals surface area contributed by atoms with Crippen molar-refractivity contribution >= 4 is 29.2 Å². The van der Waals surface area contributed by atoms with Gasteiger partial charge < -0.3 is 10.1 Å². The lowest BCUT2D eigenvalue weighted by molar-refractivity contribution is -0.385. The molecule has 0 aliphatic carbocycles. The maximum Gasteiger partial charge on any atom is 0.328 e. The Hall–Kier alpha value is -2.22. The first kappa shape index (κ1) is 16.8. The molecule has 0 bridgehead atoms. The molecule has 1 rings (SSSR count). The molecule has 114 valence electrons. The quantitative estimate of drug-likeness (QED) is 0.382. The van der Waals surface area contributed by atoms with Crippen LogP contribution in [0.3, 0.4) is 0 Å². The number of nitrogens with zero attached hydrogens (tertiary/aromatic N) is 2. The predicted octanol–water partition coefficient (Wildman–Crippen LogP) is 1.57. The molecule has 0 spiro atoms. The number of amides is 1. The molecule has 0 radical (unpaired) electrons. The largest absolute Gasteiger partial charge is 0.467 e. The molecule has 0 unspecified atom stereocenters. The lowest BCUT2D eigenvalue weighted by Gasteiger charge is -2.19. The zero-order valence-corrected chi connectivity index (χ0v) is 12.4. The highest BCUT2D eigenvalue weighted by molar-refractivity contribution is 6.32. The van der Waals surface area contributed by atoms with E-state index < -0.39 is 33.7 Å². The van der Waals surface area contributed by atoms with E-state index in [-0.39, 0.29) is 11.5 Å². The molecule has 1 amide bonds. The third kappa shape index (κ3) is 3.88. The lowest BCUT2D eigenvalue weighted by Crippen LogP contribution is -2.45. The van der Waals surface area contributed by atoms with Crippen LogP contribution in [0.2, 0.25) is 5.15 Å². The molecule has 9 heteroatoms. The second kappa shape index (κ2) is 6.98. The zero-order valence-electron chi connectivity index (χ0n) is 11.6. The second-order valence-electron chi connectivity index (χ2n) is 4.47. The van der Waals surface area contributed by atoms with Crippen molar-refractivity contribution in [3.8, 4) is 0 Å². The van der Waals surface area contributed by atoms with Gasteiger partial charge in [0.15, 0.2) is 0 Å². The minimum atomic E-state index is -0.922. The number of esters is 1. The highest BCUT2D eigenvalue weighted by Crippen LogP contribution is 2.26. The molecule has 0 aliphatic heterocycles. The maximum atomic E-state index is 12.1. The van der Waals surface area contributed by atoms with E-state index in [2.05, 4.69) is 15.0 Å². The van der Waals surface area contributed by atoms with Crippen LogP contribution in [-0.2, 0) is 9.53 Å². The number of nitrogens with one attached hydrogen (secondary N) is 1. The van der Waals surface area contributed by atoms with Crippen molar-refractivity contribution in [2.45, 2.75) is 19.9 Å². The number of carbonyl (C=O) groups excluding carboxylic acids is 2. The van der Waals surface area contributed by atoms with Crippen molar-refractivity contribution in [2.75, 3.05) is 7.11 Å². The molecule has 21 heavy (non-hydrogen) atoms. The molecule has 0 aliphatic rings. The summed E-state index contributed by atoms with van der Waals surface area (Å²) in [5.74, 6) is -1.69. The molecule has 0 saturated carbocycles. The predicted molar refractivity (Wildman–Crippen MR) is 74.0 cm³/mol. The van der Waals surface area contributed by atoms with E-state index in [9.17, 15) is 19.7 Å². The number of hydrogen-bond acceptors (Lipinski definition) is 6. The Morgan fingerprint density at radius 2 is 2.10 bits per heavy atom. The lowest BCUT2D eigenvalue weighted by atomic mass is 10.0. The Balaban J connectivity index is 3.12. The smallest absolute Gasteiger partial charge is 0.328 e. The van der Waals surface area contributed by atoms with Crippen LogP contribution in [-0.4, -0.2) is 34.9 Å². The SMILES string of the molecule is COC(=O)[C@@H](NC(=O)c1ccnc(Cl)c1[N+](=O)[O-])C(C)C. The van der Waals surface area contributed by atoms with Crippen LogP contribution < -0.4 is 5.32 Å². The third-order valence-electron chi connectivity index (χ3n) is 2.72. The van der Waals surface area contributed by atoms with Crippen molar-refractivity contribution in [3.05, 3.63) is 33.1 Å². The second-order valence-corrected chi connectivity index (χ2v) is 4.83. The van der Waals surface area contributed by atoms with E-state index in [0.29, 0.717) is 0 Å². The average Bonchev–Trinajstić information content (AvgIpc) is 2.42. The van der Waals surface area contributed by atoms with Crippen molar-refractivity contribution in [3.63, 3.8) is 0 Å². The average molecular weight is 316 g/mol. The van der Waals surface area contributed by atoms with Crippen molar-refractivity contribution in [2.24, 2.45) is 5.92 Å². The Kier molecular flexibility index (Phi) is 5.60. The number of halogens is 1. The molecule has 1 atom stereocenters. The summed E-state index contributed by atoms with van der Waals surface area (Å²) in [5.41, 5.74) is -0.876. The molecule has 0 aromatic carbocycles. The fraction of sp³-hybridized carbons (Fsp3) is 0.417. The number of rotatable bonds is 5. The van der Waals surface area contributed by atoms with Gasteiger partial charge in [0.1, 0.15) is 11.6 Å². The number of aromatic nitrogens is 1. The van der Waals surface area contributed by atoms with Crippen molar-refractivity contribution < 1.29 is 19.2 Å². The van der Waals surface area contributed by atoms with Gasteiger partial charge in [0.25, 0.3) is 5.91 Å². The minimum absolute atomic E-state index is 0.252. The fourth-order valence-electron chi connectivity index (χ4n) is 1.63. The van der Waals surface area contributed by atoms with Gasteiger partial charge in [-0.1, -0.05) is 25.4 Å². The third-order valence-corrected chi connectivity index (χ3v) is 2.99. The topological polar surface area (TPSA) is 111 Å². The van der Waals surface area contributed by atoms with Gasteiger partial charge in [0.2, 0.25) is 5.15 Å². The molecule has 0 saturated heterocycles. The molecule has 0 fully saturated rings. The van der Waals surface area contributed by atoms with E-state index in [1.807, 2.05) is 0 Å². The molecule has 1 heterocycles. The summed E-state index contributed by atoms with van der Waals surface area (Å²) >= 11 is 5.63. The van der Waals surface area contributed by atoms with Gasteiger partial charge >= 0.3 is 11.7 Å². The normalized spacial score (nSPS) is 11.9. The van der Waals surface area contributed by atoms with E-state index in [1.165, 1.54) is 13.3 Å². The molecule has 1 aromatic heterocycles. The van der Waals surface area contributed by atoms with Gasteiger partial charge in [-0.05, 0) is 12.0 Å². The highest BCUT2D eigenvalue weighted by atomic mass is 35.5. The Morgan fingerprint density at radius 3 is 2.57 bits per heavy atom. The van der Waals surface area contributed by atoms with E-state index in [4.69, 9.17) is 11.6 Å². The van der Waals surface area contributed by atoms with E-state index in [1.54, 1.807) is 13.8 Å². The first-order valence-electron chi connectivity index (χ1n) is 5.97. The van der Waals surface area contributed by atoms with Crippen LogP contribution >= 0.6 is 11.6 Å². The van der Waals surface area contributed by atoms with Crippen molar-refractivity contribution in [1.82, 2.24) is 10.3 Å². The molecular weight excluding hydrogens is 302 g/mol. The molecular formula is C12H14ClN3O5. The summed E-state index contributed by atoms with van der Waals surface area (Å²) in [7, 11) is 1.19. The van der Waals surface area contributed by atoms with Crippen LogP contribution in [0.15, 0.2) is 12.3 Å². The first-order chi connectivity index (χ1) is 9.79. The molecule has 8 nitrogen and oxygen atoms in total. The highest BCUT2D eigenvalue weighted by Gasteiger charge is 2.30. The Bertz CT molecular complexity index is 576. The van der Waals surface area contributed by atoms with Crippen LogP contribution in [0.4, 0.5) is 5.69 Å². The number of methoxy groups -OCH3 is 1. The first-order valence-corrected chi connectivity index (χ1v) is 6.35. The molecule has 1 N–H and O–H groups in total. The van der Waals surface area contributed by atoms with Crippen LogP contribution in [0.1, 0.15) is 24.2 Å². The number of pyridine rings is 1. The summed E-state index contributed by atoms with van der Waals surface area (Å²) in [6, 6.07) is 0.239. The van der Waals surface area contributed by atoms with Crippen LogP contribution in [0, 0.1) is 16.0 Å². The summed E-state index contributed by atoms with van der Waals surface area (Å²) in [5, 5.41) is 13.0. The standard InChI is InChI=1S/C12H14ClN3O5/c1-6(2)8(12(18)21-3)15-11(17)7-4-5-14-10(13)9(7)16(19)20/h4-6,8H,1-3H3,(H,15,17)/t8-/m0/s1. The van der Waals surface area contributed by atoms with Crippen molar-refractivity contribution in [1.29, 1.82) is 0 Å². The zero-order chi connectivity index (χ0) is 16.2. The molecule has 1 aromatic rings.